The summed E-state index contributed by atoms with van der Waals surface area (Å²) in [6.45, 7) is 1.64. The minimum atomic E-state index is -5.52. The first kappa shape index (κ1) is 67.4. The highest BCUT2D eigenvalue weighted by molar-refractivity contribution is 7.61. The highest BCUT2D eigenvalue weighted by Gasteiger charge is 2.46. The predicted molar refractivity (Wildman–Crippen MR) is 291 cm³/mol. The molecule has 20 nitrogen and oxygen atoms in total. The van der Waals surface area contributed by atoms with Gasteiger partial charge >= 0.3 is 33.3 Å². The van der Waals surface area contributed by atoms with E-state index in [4.69, 9.17) is 29.0 Å². The largest absolute Gasteiger partial charge is 0.481 e. The molecule has 1 aromatic heterocycles. The maximum atomic E-state index is 12.9. The summed E-state index contributed by atoms with van der Waals surface area (Å²) in [5.74, 6) is -1.71. The summed E-state index contributed by atoms with van der Waals surface area (Å²) in [6, 6.07) is 1.22. The number of aliphatic hydroxyl groups is 4. The summed E-state index contributed by atoms with van der Waals surface area (Å²) in [7, 11) is -11.0. The van der Waals surface area contributed by atoms with Crippen molar-refractivity contribution < 1.29 is 76.5 Å². The molecule has 426 valence electrons. The second-order valence-corrected chi connectivity index (χ2v) is 20.6. The third kappa shape index (κ3) is 32.2. The molecule has 9 atom stereocenters. The molecule has 0 aromatic carbocycles. The fourth-order valence-electron chi connectivity index (χ4n) is 6.91. The fourth-order valence-corrected chi connectivity index (χ4v) is 9.02. The van der Waals surface area contributed by atoms with Gasteiger partial charge in [-0.05, 0) is 96.0 Å². The highest BCUT2D eigenvalue weighted by Crippen LogP contribution is 2.60. The van der Waals surface area contributed by atoms with Crippen molar-refractivity contribution in [2.45, 2.75) is 172 Å². The monoisotopic (exact) mass is 1110 g/mol. The van der Waals surface area contributed by atoms with Crippen LogP contribution in [-0.4, -0.2) is 108 Å². The first-order chi connectivity index (χ1) is 36.5. The Morgan fingerprint density at radius 3 is 1.80 bits per heavy atom. The fraction of sp³-hybridized carbons (Fsp3) is 0.556. The number of allylic oxidation sites excluding steroid dienone is 17. The Morgan fingerprint density at radius 1 is 0.697 bits per heavy atom. The second kappa shape index (κ2) is 40.5. The van der Waals surface area contributed by atoms with Crippen LogP contribution in [0.3, 0.4) is 0 Å². The SMILES string of the molecule is CC/C=C\C/C=C\C/C=C\C/C=C\C/C=C\C/C=C\CCC(=O)OC[C@H](COP(=O)(O)OP(=O)(O)OC[C@H]1O[C@@H](n2ccc(N)nc2=O)[C@H](O)[C@@H]1O)OC(=O)CCCC(O)C(O)C/C=C\C/C=C\C/C=C\CCCCC. The van der Waals surface area contributed by atoms with Crippen molar-refractivity contribution in [3.8, 4) is 0 Å². The van der Waals surface area contributed by atoms with E-state index in [-0.39, 0.29) is 37.9 Å². The van der Waals surface area contributed by atoms with Gasteiger partial charge < -0.3 is 50.2 Å². The third-order valence-electron chi connectivity index (χ3n) is 11.1. The molecule has 1 fully saturated rings. The summed E-state index contributed by atoms with van der Waals surface area (Å²) >= 11 is 0. The number of hydrogen-bond acceptors (Lipinski definition) is 17. The van der Waals surface area contributed by atoms with Gasteiger partial charge in [-0.25, -0.2) is 13.9 Å². The zero-order valence-electron chi connectivity index (χ0n) is 44.0. The van der Waals surface area contributed by atoms with Gasteiger partial charge in [0.05, 0.1) is 25.4 Å². The van der Waals surface area contributed by atoms with Gasteiger partial charge in [-0.2, -0.15) is 9.29 Å². The standard InChI is InChI=1S/C54H83N3O17P2/c1-3-5-7-9-11-13-15-17-18-19-20-21-22-23-25-27-29-31-33-37-49(60)69-41-44(72-50(61)38-34-36-46(59)45(58)35-32-30-28-26-24-16-14-12-10-8-6-4-2)42-70-75(65,66)74-76(67,68)71-43-47-51(62)52(63)53(73-47)57-40-39-48(55)56-54(57)64/h5,7,11-14,17-18,20-21,23-26,29-32,39-40,44-47,51-53,58-59,62-63H,3-4,6,8-10,15-16,19,22,27-28,33-38,41-43H2,1-2H3,(H,65,66)(H,67,68)(H2,55,56,64)/b7-5-,13-11-,14-12-,18-17-,21-20-,25-23-,26-24-,31-29-,32-30-/t44-,45?,46?,47-,51-,52-,53-/m1/s1. The Hall–Kier alpha value is -4.66. The van der Waals surface area contributed by atoms with Gasteiger partial charge in [0.1, 0.15) is 30.7 Å². The predicted octanol–water partition coefficient (Wildman–Crippen LogP) is 8.94. The Labute approximate surface area is 447 Å². The number of nitrogens with two attached hydrogens (primary N) is 1. The topological polar surface area (TPSA) is 306 Å². The summed E-state index contributed by atoms with van der Waals surface area (Å²) in [4.78, 5) is 62.0. The molecular weight excluding hydrogens is 1020 g/mol. The van der Waals surface area contributed by atoms with Crippen LogP contribution in [0.15, 0.2) is 126 Å². The molecule has 0 spiro atoms. The Kier molecular flexibility index (Phi) is 36.0. The molecule has 1 aliphatic rings. The van der Waals surface area contributed by atoms with E-state index in [2.05, 4.69) is 90.0 Å². The smallest absolute Gasteiger partial charge is 0.462 e. The lowest BCUT2D eigenvalue weighted by atomic mass is 10.0. The van der Waals surface area contributed by atoms with E-state index in [1.807, 2.05) is 30.4 Å². The average Bonchev–Trinajstić information content (AvgIpc) is 3.65. The average molecular weight is 1110 g/mol. The molecule has 2 heterocycles. The van der Waals surface area contributed by atoms with Crippen LogP contribution in [0, 0.1) is 0 Å². The van der Waals surface area contributed by atoms with Gasteiger partial charge in [0, 0.05) is 19.0 Å². The number of unbranched alkanes of at least 4 members (excludes halogenated alkanes) is 3. The number of esters is 2. The lowest BCUT2D eigenvalue weighted by molar-refractivity contribution is -0.161. The van der Waals surface area contributed by atoms with Gasteiger partial charge in [-0.15, -0.1) is 0 Å². The highest BCUT2D eigenvalue weighted by atomic mass is 31.3. The van der Waals surface area contributed by atoms with Gasteiger partial charge in [0.15, 0.2) is 12.3 Å². The number of aliphatic hydroxyl groups excluding tert-OH is 4. The molecule has 8 N–H and O–H groups in total. The molecular formula is C54H83N3O17P2. The molecule has 0 aliphatic carbocycles. The summed E-state index contributed by atoms with van der Waals surface area (Å²) < 4.78 is 56.5. The Balaban J connectivity index is 1.90. The van der Waals surface area contributed by atoms with Gasteiger partial charge in [-0.3, -0.25) is 23.2 Å². The number of nitrogen functional groups attached to an aromatic ring is 1. The van der Waals surface area contributed by atoms with Crippen LogP contribution in [0.5, 0.6) is 0 Å². The molecule has 0 radical (unpaired) electrons. The van der Waals surface area contributed by atoms with E-state index >= 15 is 0 Å². The zero-order valence-corrected chi connectivity index (χ0v) is 45.8. The lowest BCUT2D eigenvalue weighted by Crippen LogP contribution is -2.36. The number of phosphoric acid groups is 2. The number of rotatable bonds is 41. The van der Waals surface area contributed by atoms with E-state index < -0.39 is 95.9 Å². The van der Waals surface area contributed by atoms with Crippen molar-refractivity contribution in [3.05, 3.63) is 132 Å². The van der Waals surface area contributed by atoms with E-state index in [1.165, 1.54) is 25.3 Å². The van der Waals surface area contributed by atoms with E-state index in [9.17, 15) is 53.7 Å². The summed E-state index contributed by atoms with van der Waals surface area (Å²) in [5, 5.41) is 41.9. The van der Waals surface area contributed by atoms with E-state index in [1.54, 1.807) is 12.2 Å². The van der Waals surface area contributed by atoms with Crippen molar-refractivity contribution in [2.75, 3.05) is 25.6 Å². The van der Waals surface area contributed by atoms with Crippen LogP contribution >= 0.6 is 15.6 Å². The normalized spacial score (nSPS) is 20.4. The molecule has 0 saturated carbocycles. The maximum absolute atomic E-state index is 12.9. The molecule has 1 aliphatic heterocycles. The molecule has 1 aromatic rings. The maximum Gasteiger partial charge on any atom is 0.481 e. The zero-order chi connectivity index (χ0) is 55.9. The van der Waals surface area contributed by atoms with Gasteiger partial charge in [0.2, 0.25) is 0 Å². The van der Waals surface area contributed by atoms with Gasteiger partial charge in [0.25, 0.3) is 0 Å². The quantitative estimate of drug-likeness (QED) is 0.0139. The van der Waals surface area contributed by atoms with Crippen LogP contribution in [0.1, 0.15) is 136 Å². The first-order valence-electron chi connectivity index (χ1n) is 26.1. The second-order valence-electron chi connectivity index (χ2n) is 17.6. The summed E-state index contributed by atoms with van der Waals surface area (Å²) in [6.07, 6.45) is 39.1. The molecule has 76 heavy (non-hydrogen) atoms. The summed E-state index contributed by atoms with van der Waals surface area (Å²) in [5.41, 5.74) is 4.55. The van der Waals surface area contributed by atoms with Crippen LogP contribution in [0.25, 0.3) is 0 Å². The Morgan fingerprint density at radius 2 is 1.24 bits per heavy atom. The van der Waals surface area contributed by atoms with Crippen LogP contribution in [0.4, 0.5) is 5.82 Å². The van der Waals surface area contributed by atoms with E-state index in [0.717, 1.165) is 55.7 Å². The first-order valence-corrected chi connectivity index (χ1v) is 29.1. The van der Waals surface area contributed by atoms with Crippen molar-refractivity contribution in [1.29, 1.82) is 0 Å². The third-order valence-corrected chi connectivity index (χ3v) is 13.7. The number of ether oxygens (including phenoxy) is 3. The van der Waals surface area contributed by atoms with Crippen molar-refractivity contribution >= 4 is 33.4 Å². The van der Waals surface area contributed by atoms with E-state index in [0.29, 0.717) is 19.3 Å². The number of hydrogen-bond donors (Lipinski definition) is 7. The molecule has 1 saturated heterocycles. The number of phosphoric ester groups is 2. The number of nitrogens with zero attached hydrogens (tertiary/aromatic N) is 2. The van der Waals surface area contributed by atoms with Crippen LogP contribution < -0.4 is 11.4 Å². The molecule has 0 bridgehead atoms. The minimum absolute atomic E-state index is 0.0183. The van der Waals surface area contributed by atoms with Crippen LogP contribution in [0.2, 0.25) is 0 Å². The van der Waals surface area contributed by atoms with Gasteiger partial charge in [-0.1, -0.05) is 136 Å². The Bertz CT molecular complexity index is 2240. The minimum Gasteiger partial charge on any atom is -0.462 e. The van der Waals surface area contributed by atoms with Crippen molar-refractivity contribution in [3.63, 3.8) is 0 Å². The molecule has 0 amide bonds. The van der Waals surface area contributed by atoms with Crippen molar-refractivity contribution in [2.24, 2.45) is 0 Å². The number of aromatic nitrogens is 2. The number of anilines is 1. The number of carbonyl (C=O) groups is 2. The van der Waals surface area contributed by atoms with Crippen molar-refractivity contribution in [1.82, 2.24) is 9.55 Å². The molecule has 4 unspecified atom stereocenters. The molecule has 2 rings (SSSR count). The lowest BCUT2D eigenvalue weighted by Gasteiger charge is -2.22. The van der Waals surface area contributed by atoms with Crippen LogP contribution in [-0.2, 0) is 46.3 Å². The number of carbonyl (C=O) groups excluding carboxylic acids is 2. The molecule has 22 heteroatoms.